The number of nitrogens with one attached hydrogen (secondary N) is 1. The van der Waals surface area contributed by atoms with Gasteiger partial charge in [-0.2, -0.15) is 0 Å². The highest BCUT2D eigenvalue weighted by molar-refractivity contribution is 5.77. The smallest absolute Gasteiger partial charge is 0.258 e. The van der Waals surface area contributed by atoms with E-state index in [-0.39, 0.29) is 18.6 Å². The number of hydrogen-bond acceptors (Lipinski definition) is 4. The number of carbonyl (C=O) groups excluding carboxylic acids is 1. The zero-order chi connectivity index (χ0) is 19.2. The number of carbonyl (C=O) groups is 1. The number of para-hydroxylation sites is 2. The molecule has 1 atom stereocenters. The molecule has 5 nitrogen and oxygen atoms in total. The number of amides is 1. The minimum Gasteiger partial charge on any atom is -0.488 e. The molecule has 0 aliphatic carbocycles. The summed E-state index contributed by atoms with van der Waals surface area (Å²) in [6.45, 7) is 0.416. The van der Waals surface area contributed by atoms with E-state index in [0.717, 1.165) is 29.2 Å². The Labute approximate surface area is 163 Å². The molecule has 0 saturated carbocycles. The van der Waals surface area contributed by atoms with Crippen molar-refractivity contribution in [3.05, 3.63) is 84.4 Å². The van der Waals surface area contributed by atoms with Gasteiger partial charge in [0, 0.05) is 12.0 Å². The third kappa shape index (κ3) is 4.62. The molecule has 3 aromatic carbocycles. The number of rotatable bonds is 7. The zero-order valence-electron chi connectivity index (χ0n) is 15.3. The molecule has 1 amide bonds. The molecule has 5 heteroatoms. The molecule has 28 heavy (non-hydrogen) atoms. The Bertz CT molecular complexity index is 928. The fourth-order valence-corrected chi connectivity index (χ4v) is 3.04. The maximum Gasteiger partial charge on any atom is 0.258 e. The summed E-state index contributed by atoms with van der Waals surface area (Å²) < 4.78 is 17.2. The average molecular weight is 375 g/mol. The van der Waals surface area contributed by atoms with Crippen molar-refractivity contribution in [2.75, 3.05) is 13.2 Å². The fraction of sp³-hybridized carbons (Fsp3) is 0.174. The van der Waals surface area contributed by atoms with Gasteiger partial charge in [-0.3, -0.25) is 4.79 Å². The molecular formula is C23H21NO4. The number of fused-ring (bicyclic) bond motifs is 1. The van der Waals surface area contributed by atoms with E-state index in [4.69, 9.17) is 14.2 Å². The third-order valence-electron chi connectivity index (χ3n) is 4.39. The van der Waals surface area contributed by atoms with Gasteiger partial charge in [0.1, 0.15) is 29.1 Å². The van der Waals surface area contributed by atoms with Crippen molar-refractivity contribution in [1.29, 1.82) is 0 Å². The first kappa shape index (κ1) is 17.9. The van der Waals surface area contributed by atoms with Crippen LogP contribution in [-0.4, -0.2) is 25.2 Å². The molecule has 0 bridgehead atoms. The van der Waals surface area contributed by atoms with Gasteiger partial charge in [-0.25, -0.2) is 0 Å². The summed E-state index contributed by atoms with van der Waals surface area (Å²) in [4.78, 5) is 12.0. The van der Waals surface area contributed by atoms with Crippen LogP contribution >= 0.6 is 0 Å². The van der Waals surface area contributed by atoms with Gasteiger partial charge in [0.2, 0.25) is 0 Å². The molecule has 0 spiro atoms. The molecule has 0 saturated heterocycles. The Morgan fingerprint density at radius 2 is 1.64 bits per heavy atom. The monoisotopic (exact) mass is 375 g/mol. The molecule has 1 heterocycles. The van der Waals surface area contributed by atoms with Gasteiger partial charge in [0.25, 0.3) is 5.91 Å². The van der Waals surface area contributed by atoms with Crippen molar-refractivity contribution < 1.29 is 19.0 Å². The molecule has 1 aliphatic heterocycles. The molecule has 4 rings (SSSR count). The molecule has 3 aromatic rings. The van der Waals surface area contributed by atoms with E-state index in [1.165, 1.54) is 0 Å². The minimum absolute atomic E-state index is 0.0151. The van der Waals surface area contributed by atoms with Crippen LogP contribution in [-0.2, 0) is 11.2 Å². The lowest BCUT2D eigenvalue weighted by Gasteiger charge is -2.12. The molecule has 0 unspecified atom stereocenters. The van der Waals surface area contributed by atoms with Crippen LogP contribution in [0, 0.1) is 0 Å². The molecule has 142 valence electrons. The Morgan fingerprint density at radius 3 is 2.39 bits per heavy atom. The van der Waals surface area contributed by atoms with Crippen LogP contribution in [0.25, 0.3) is 0 Å². The quantitative estimate of drug-likeness (QED) is 0.679. The molecule has 1 aliphatic rings. The van der Waals surface area contributed by atoms with Crippen LogP contribution in [0.4, 0.5) is 0 Å². The average Bonchev–Trinajstić information content (AvgIpc) is 3.14. The maximum absolute atomic E-state index is 12.0. The first-order valence-corrected chi connectivity index (χ1v) is 9.23. The van der Waals surface area contributed by atoms with Crippen LogP contribution in [0.15, 0.2) is 78.9 Å². The summed E-state index contributed by atoms with van der Waals surface area (Å²) >= 11 is 0. The van der Waals surface area contributed by atoms with E-state index in [1.54, 1.807) is 0 Å². The summed E-state index contributed by atoms with van der Waals surface area (Å²) in [6, 6.07) is 24.7. The van der Waals surface area contributed by atoms with Gasteiger partial charge in [-0.05, 0) is 42.5 Å². The number of benzene rings is 3. The maximum atomic E-state index is 12.0. The Hall–Kier alpha value is -3.47. The second-order valence-corrected chi connectivity index (χ2v) is 6.53. The lowest BCUT2D eigenvalue weighted by molar-refractivity contribution is -0.123. The SMILES string of the molecule is O=C(COc1ccccc1)NC[C@H]1Cc2cc(Oc3ccccc3)ccc2O1. The highest BCUT2D eigenvalue weighted by Gasteiger charge is 2.24. The highest BCUT2D eigenvalue weighted by Crippen LogP contribution is 2.33. The summed E-state index contributed by atoms with van der Waals surface area (Å²) in [5.41, 5.74) is 1.08. The van der Waals surface area contributed by atoms with Gasteiger partial charge in [0.05, 0.1) is 6.54 Å². The third-order valence-corrected chi connectivity index (χ3v) is 4.39. The van der Waals surface area contributed by atoms with Crippen LogP contribution in [0.1, 0.15) is 5.56 Å². The van der Waals surface area contributed by atoms with Gasteiger partial charge < -0.3 is 19.5 Å². The van der Waals surface area contributed by atoms with E-state index in [0.29, 0.717) is 12.3 Å². The second kappa shape index (κ2) is 8.48. The van der Waals surface area contributed by atoms with E-state index in [1.807, 2.05) is 78.9 Å². The second-order valence-electron chi connectivity index (χ2n) is 6.53. The summed E-state index contributed by atoms with van der Waals surface area (Å²) in [6.07, 6.45) is 0.629. The first-order chi connectivity index (χ1) is 13.8. The van der Waals surface area contributed by atoms with Gasteiger partial charge >= 0.3 is 0 Å². The molecular weight excluding hydrogens is 354 g/mol. The predicted octanol–water partition coefficient (Wildman–Crippen LogP) is 3.98. The van der Waals surface area contributed by atoms with E-state index < -0.39 is 0 Å². The number of hydrogen-bond donors (Lipinski definition) is 1. The Balaban J connectivity index is 1.26. The Kier molecular flexibility index (Phi) is 5.43. The van der Waals surface area contributed by atoms with Crippen LogP contribution in [0.2, 0.25) is 0 Å². The van der Waals surface area contributed by atoms with Crippen LogP contribution in [0.3, 0.4) is 0 Å². The first-order valence-electron chi connectivity index (χ1n) is 9.23. The van der Waals surface area contributed by atoms with E-state index in [9.17, 15) is 4.79 Å². The Morgan fingerprint density at radius 1 is 0.929 bits per heavy atom. The summed E-state index contributed by atoms with van der Waals surface area (Å²) in [5, 5.41) is 2.86. The normalized spacial score (nSPS) is 14.6. The topological polar surface area (TPSA) is 56.8 Å². The van der Waals surface area contributed by atoms with Crippen molar-refractivity contribution in [1.82, 2.24) is 5.32 Å². The standard InChI is InChI=1S/C23H21NO4/c25-23(16-26-18-7-3-1-4-8-18)24-15-21-14-17-13-20(11-12-22(17)28-21)27-19-9-5-2-6-10-19/h1-13,21H,14-16H2,(H,24,25)/t21-/m1/s1. The summed E-state index contributed by atoms with van der Waals surface area (Å²) in [7, 11) is 0. The molecule has 0 aromatic heterocycles. The van der Waals surface area contributed by atoms with Crippen molar-refractivity contribution in [2.45, 2.75) is 12.5 Å². The van der Waals surface area contributed by atoms with Crippen LogP contribution in [0.5, 0.6) is 23.0 Å². The molecule has 1 N–H and O–H groups in total. The van der Waals surface area contributed by atoms with Crippen molar-refractivity contribution in [3.63, 3.8) is 0 Å². The zero-order valence-corrected chi connectivity index (χ0v) is 15.3. The molecule has 0 fully saturated rings. The van der Waals surface area contributed by atoms with Gasteiger partial charge in [0.15, 0.2) is 6.61 Å². The lowest BCUT2D eigenvalue weighted by Crippen LogP contribution is -2.37. The van der Waals surface area contributed by atoms with Crippen molar-refractivity contribution >= 4 is 5.91 Å². The molecule has 0 radical (unpaired) electrons. The summed E-state index contributed by atoms with van der Waals surface area (Å²) in [5.74, 6) is 2.91. The minimum atomic E-state index is -0.170. The number of ether oxygens (including phenoxy) is 3. The van der Waals surface area contributed by atoms with Crippen molar-refractivity contribution in [2.24, 2.45) is 0 Å². The van der Waals surface area contributed by atoms with E-state index in [2.05, 4.69) is 5.32 Å². The fourth-order valence-electron chi connectivity index (χ4n) is 3.04. The lowest BCUT2D eigenvalue weighted by atomic mass is 10.1. The highest BCUT2D eigenvalue weighted by atomic mass is 16.5. The van der Waals surface area contributed by atoms with E-state index >= 15 is 0 Å². The van der Waals surface area contributed by atoms with Crippen molar-refractivity contribution in [3.8, 4) is 23.0 Å². The van der Waals surface area contributed by atoms with Gasteiger partial charge in [-0.1, -0.05) is 36.4 Å². The predicted molar refractivity (Wildman–Crippen MR) is 106 cm³/mol. The van der Waals surface area contributed by atoms with Crippen LogP contribution < -0.4 is 19.5 Å². The largest absolute Gasteiger partial charge is 0.488 e. The van der Waals surface area contributed by atoms with Gasteiger partial charge in [-0.15, -0.1) is 0 Å².